The van der Waals surface area contributed by atoms with Crippen LogP contribution < -0.4 is 4.72 Å². The second-order valence-corrected chi connectivity index (χ2v) is 7.01. The molecule has 0 saturated heterocycles. The zero-order valence-corrected chi connectivity index (χ0v) is 13.4. The standard InChI is InChI=1S/C14H14N2O4S2/c1-21-12-8-6-11(7-9-12)10-15-22(19,20)14-5-3-2-4-13(14)16(17)18/h2-9,15H,10H2,1H3. The molecule has 0 bridgehead atoms. The second-order valence-electron chi connectivity index (χ2n) is 4.40. The van der Waals surface area contributed by atoms with Crippen LogP contribution in [0.4, 0.5) is 5.69 Å². The molecule has 0 saturated carbocycles. The molecule has 0 aromatic heterocycles. The number of hydrogen-bond acceptors (Lipinski definition) is 5. The van der Waals surface area contributed by atoms with Crippen LogP contribution in [0, 0.1) is 10.1 Å². The topological polar surface area (TPSA) is 89.3 Å². The fraction of sp³-hybridized carbons (Fsp3) is 0.143. The lowest BCUT2D eigenvalue weighted by Gasteiger charge is -2.07. The third kappa shape index (κ3) is 3.85. The molecule has 116 valence electrons. The van der Waals surface area contributed by atoms with E-state index in [1.54, 1.807) is 11.8 Å². The maximum Gasteiger partial charge on any atom is 0.289 e. The number of nitrogens with zero attached hydrogens (tertiary/aromatic N) is 1. The summed E-state index contributed by atoms with van der Waals surface area (Å²) in [5.74, 6) is 0. The predicted octanol–water partition coefficient (Wildman–Crippen LogP) is 2.80. The summed E-state index contributed by atoms with van der Waals surface area (Å²) >= 11 is 1.59. The Labute approximate surface area is 132 Å². The van der Waals surface area contributed by atoms with E-state index in [0.717, 1.165) is 10.5 Å². The Bertz CT molecular complexity index is 774. The lowest BCUT2D eigenvalue weighted by molar-refractivity contribution is -0.387. The highest BCUT2D eigenvalue weighted by molar-refractivity contribution is 7.98. The number of hydrogen-bond donors (Lipinski definition) is 1. The predicted molar refractivity (Wildman–Crippen MR) is 85.3 cm³/mol. The quantitative estimate of drug-likeness (QED) is 0.497. The Morgan fingerprint density at radius 2 is 1.77 bits per heavy atom. The van der Waals surface area contributed by atoms with Gasteiger partial charge in [0.15, 0.2) is 4.90 Å². The monoisotopic (exact) mass is 338 g/mol. The van der Waals surface area contributed by atoms with Crippen LogP contribution in [0.15, 0.2) is 58.3 Å². The average Bonchev–Trinajstić information content (AvgIpc) is 2.53. The highest BCUT2D eigenvalue weighted by atomic mass is 32.2. The van der Waals surface area contributed by atoms with Crippen LogP contribution in [0.3, 0.4) is 0 Å². The van der Waals surface area contributed by atoms with Gasteiger partial charge in [-0.25, -0.2) is 13.1 Å². The minimum absolute atomic E-state index is 0.0725. The van der Waals surface area contributed by atoms with Gasteiger partial charge in [0.2, 0.25) is 10.0 Å². The molecule has 0 radical (unpaired) electrons. The summed E-state index contributed by atoms with van der Waals surface area (Å²) in [5.41, 5.74) is 0.340. The van der Waals surface area contributed by atoms with Crippen LogP contribution in [0.1, 0.15) is 5.56 Å². The molecule has 0 amide bonds. The second kappa shape index (κ2) is 6.91. The number of benzene rings is 2. The number of thioether (sulfide) groups is 1. The molecule has 2 rings (SSSR count). The van der Waals surface area contributed by atoms with Gasteiger partial charge < -0.3 is 0 Å². The average molecular weight is 338 g/mol. The molecule has 1 N–H and O–H groups in total. The number of nitro groups is 1. The van der Waals surface area contributed by atoms with Crippen molar-refractivity contribution >= 4 is 27.5 Å². The van der Waals surface area contributed by atoms with Gasteiger partial charge >= 0.3 is 0 Å². The van der Waals surface area contributed by atoms with Crippen molar-refractivity contribution < 1.29 is 13.3 Å². The van der Waals surface area contributed by atoms with E-state index in [0.29, 0.717) is 0 Å². The van der Waals surface area contributed by atoms with Gasteiger partial charge in [0, 0.05) is 17.5 Å². The van der Waals surface area contributed by atoms with Gasteiger partial charge in [-0.2, -0.15) is 0 Å². The van der Waals surface area contributed by atoms with Gasteiger partial charge in [0.25, 0.3) is 5.69 Å². The number of nitrogens with one attached hydrogen (secondary N) is 1. The van der Waals surface area contributed by atoms with Crippen LogP contribution in [0.2, 0.25) is 0 Å². The van der Waals surface area contributed by atoms with E-state index in [-0.39, 0.29) is 11.4 Å². The number of rotatable bonds is 6. The first kappa shape index (κ1) is 16.5. The van der Waals surface area contributed by atoms with Crippen LogP contribution in [-0.4, -0.2) is 19.6 Å². The fourth-order valence-electron chi connectivity index (χ4n) is 1.83. The molecule has 0 fully saturated rings. The van der Waals surface area contributed by atoms with Crippen molar-refractivity contribution in [3.8, 4) is 0 Å². The molecule has 0 spiro atoms. The third-order valence-electron chi connectivity index (χ3n) is 2.98. The van der Waals surface area contributed by atoms with Crippen LogP contribution in [0.25, 0.3) is 0 Å². The molecule has 0 aliphatic rings. The summed E-state index contributed by atoms with van der Waals surface area (Å²) in [7, 11) is -3.95. The molecule has 6 nitrogen and oxygen atoms in total. The normalized spacial score (nSPS) is 11.3. The first-order valence-electron chi connectivity index (χ1n) is 6.30. The summed E-state index contributed by atoms with van der Waals surface area (Å²) < 4.78 is 26.9. The highest BCUT2D eigenvalue weighted by Gasteiger charge is 2.24. The van der Waals surface area contributed by atoms with Crippen molar-refractivity contribution in [1.82, 2.24) is 4.72 Å². The first-order chi connectivity index (χ1) is 10.4. The van der Waals surface area contributed by atoms with Crippen LogP contribution in [0.5, 0.6) is 0 Å². The van der Waals surface area contributed by atoms with E-state index in [4.69, 9.17) is 0 Å². The van der Waals surface area contributed by atoms with E-state index in [1.807, 2.05) is 30.5 Å². The molecule has 0 atom stereocenters. The minimum Gasteiger partial charge on any atom is -0.258 e. The van der Waals surface area contributed by atoms with Crippen molar-refractivity contribution in [3.05, 3.63) is 64.2 Å². The molecular formula is C14H14N2O4S2. The van der Waals surface area contributed by atoms with Crippen molar-refractivity contribution in [2.24, 2.45) is 0 Å². The van der Waals surface area contributed by atoms with E-state index in [2.05, 4.69) is 4.72 Å². The fourth-order valence-corrected chi connectivity index (χ4v) is 3.43. The van der Waals surface area contributed by atoms with Crippen molar-refractivity contribution in [1.29, 1.82) is 0 Å². The molecule has 0 unspecified atom stereocenters. The highest BCUT2D eigenvalue weighted by Crippen LogP contribution is 2.23. The van der Waals surface area contributed by atoms with E-state index in [1.165, 1.54) is 24.3 Å². The molecule has 0 heterocycles. The SMILES string of the molecule is CSc1ccc(CNS(=O)(=O)c2ccccc2[N+](=O)[O-])cc1. The zero-order valence-electron chi connectivity index (χ0n) is 11.7. The molecule has 22 heavy (non-hydrogen) atoms. The van der Waals surface area contributed by atoms with Crippen molar-refractivity contribution in [2.75, 3.05) is 6.26 Å². The van der Waals surface area contributed by atoms with Gasteiger partial charge in [-0.1, -0.05) is 24.3 Å². The van der Waals surface area contributed by atoms with E-state index in [9.17, 15) is 18.5 Å². The maximum atomic E-state index is 12.2. The van der Waals surface area contributed by atoms with Crippen LogP contribution >= 0.6 is 11.8 Å². The Kier molecular flexibility index (Phi) is 5.17. The zero-order chi connectivity index (χ0) is 16.2. The number of nitro benzene ring substituents is 1. The Morgan fingerprint density at radius 3 is 2.36 bits per heavy atom. The maximum absolute atomic E-state index is 12.2. The molecular weight excluding hydrogens is 324 g/mol. The lowest BCUT2D eigenvalue weighted by Crippen LogP contribution is -2.24. The molecule has 0 aliphatic carbocycles. The molecule has 8 heteroatoms. The van der Waals surface area contributed by atoms with Gasteiger partial charge in [0.1, 0.15) is 0 Å². The number of sulfonamides is 1. The number of para-hydroxylation sites is 1. The minimum atomic E-state index is -3.95. The first-order valence-corrected chi connectivity index (χ1v) is 9.01. The molecule has 0 aliphatic heterocycles. The van der Waals surface area contributed by atoms with Gasteiger partial charge in [-0.15, -0.1) is 11.8 Å². The smallest absolute Gasteiger partial charge is 0.258 e. The summed E-state index contributed by atoms with van der Waals surface area (Å²) in [6, 6.07) is 12.7. The Balaban J connectivity index is 2.19. The summed E-state index contributed by atoms with van der Waals surface area (Å²) in [6.07, 6.45) is 1.95. The van der Waals surface area contributed by atoms with Gasteiger partial charge in [-0.3, -0.25) is 10.1 Å². The van der Waals surface area contributed by atoms with Crippen molar-refractivity contribution in [3.63, 3.8) is 0 Å². The van der Waals surface area contributed by atoms with Crippen molar-refractivity contribution in [2.45, 2.75) is 16.3 Å². The summed E-state index contributed by atoms with van der Waals surface area (Å²) in [6.45, 7) is 0.0725. The van der Waals surface area contributed by atoms with E-state index < -0.39 is 20.6 Å². The summed E-state index contributed by atoms with van der Waals surface area (Å²) in [4.78, 5) is 11.0. The van der Waals surface area contributed by atoms with Gasteiger partial charge in [0.05, 0.1) is 4.92 Å². The molecule has 2 aromatic carbocycles. The Morgan fingerprint density at radius 1 is 1.14 bits per heavy atom. The van der Waals surface area contributed by atoms with Gasteiger partial charge in [-0.05, 0) is 30.0 Å². The largest absolute Gasteiger partial charge is 0.289 e. The summed E-state index contributed by atoms with van der Waals surface area (Å²) in [5, 5.41) is 10.9. The van der Waals surface area contributed by atoms with Crippen LogP contribution in [-0.2, 0) is 16.6 Å². The van der Waals surface area contributed by atoms with E-state index >= 15 is 0 Å². The third-order valence-corrected chi connectivity index (χ3v) is 5.17. The molecule has 2 aromatic rings. The Hall–Kier alpha value is -1.90. The lowest BCUT2D eigenvalue weighted by atomic mass is 10.2.